The van der Waals surface area contributed by atoms with Gasteiger partial charge in [-0.05, 0) is 49.5 Å². The number of aryl methyl sites for hydroxylation is 2. The van der Waals surface area contributed by atoms with Crippen LogP contribution in [-0.4, -0.2) is 15.9 Å². The van der Waals surface area contributed by atoms with Crippen LogP contribution in [0.2, 0.25) is 0 Å². The molecule has 126 valence electrons. The van der Waals surface area contributed by atoms with Gasteiger partial charge in [0, 0.05) is 17.3 Å². The summed E-state index contributed by atoms with van der Waals surface area (Å²) in [5.41, 5.74) is 3.89. The number of amides is 1. The van der Waals surface area contributed by atoms with Gasteiger partial charge in [0.25, 0.3) is 5.91 Å². The Morgan fingerprint density at radius 3 is 2.17 bits per heavy atom. The minimum absolute atomic E-state index is 0.128. The molecule has 2 aromatic rings. The number of hydrogen-bond acceptors (Lipinski definition) is 3. The predicted octanol–water partition coefficient (Wildman–Crippen LogP) is 4.80. The second-order valence-electron chi connectivity index (χ2n) is 7.17. The van der Waals surface area contributed by atoms with Gasteiger partial charge in [0.1, 0.15) is 11.6 Å². The fourth-order valence-electron chi connectivity index (χ4n) is 2.59. The Kier molecular flexibility index (Phi) is 5.17. The van der Waals surface area contributed by atoms with Crippen molar-refractivity contribution < 1.29 is 4.79 Å². The van der Waals surface area contributed by atoms with E-state index < -0.39 is 0 Å². The average molecular weight is 323 g/mol. The zero-order valence-electron chi connectivity index (χ0n) is 15.3. The van der Waals surface area contributed by atoms with Gasteiger partial charge in [-0.25, -0.2) is 9.97 Å². The van der Waals surface area contributed by atoms with Crippen molar-refractivity contribution in [1.82, 2.24) is 9.97 Å². The Morgan fingerprint density at radius 2 is 1.62 bits per heavy atom. The molecule has 0 aliphatic heterocycles. The van der Waals surface area contributed by atoms with E-state index in [2.05, 4.69) is 49.1 Å². The van der Waals surface area contributed by atoms with Crippen LogP contribution in [-0.2, 0) is 0 Å². The number of allylic oxidation sites excluding steroid dienone is 2. The summed E-state index contributed by atoms with van der Waals surface area (Å²) in [6.45, 7) is 12.3. The first-order chi connectivity index (χ1) is 11.1. The van der Waals surface area contributed by atoms with Crippen molar-refractivity contribution in [1.29, 1.82) is 0 Å². The van der Waals surface area contributed by atoms with Crippen molar-refractivity contribution in [2.45, 2.75) is 41.5 Å². The lowest BCUT2D eigenvalue weighted by Gasteiger charge is -2.14. The van der Waals surface area contributed by atoms with Crippen molar-refractivity contribution in [3.05, 3.63) is 59.1 Å². The first-order valence-corrected chi connectivity index (χ1v) is 8.07. The van der Waals surface area contributed by atoms with Gasteiger partial charge in [-0.3, -0.25) is 4.79 Å². The smallest absolute Gasteiger partial charge is 0.256 e. The zero-order chi connectivity index (χ0) is 17.9. The van der Waals surface area contributed by atoms with Gasteiger partial charge in [0.2, 0.25) is 0 Å². The number of aromatic nitrogens is 2. The van der Waals surface area contributed by atoms with E-state index in [4.69, 9.17) is 0 Å². The molecule has 0 radical (unpaired) electrons. The number of carbonyl (C=O) groups is 1. The maximum absolute atomic E-state index is 12.4. The van der Waals surface area contributed by atoms with E-state index in [1.807, 2.05) is 38.1 Å². The van der Waals surface area contributed by atoms with Gasteiger partial charge in [-0.1, -0.05) is 39.0 Å². The maximum Gasteiger partial charge on any atom is 0.256 e. The standard InChI is InChI=1S/C20H25N3O/c1-13(12-20(4,5)6)16-7-9-17(10-8-16)19(24)23-18-11-14(2)21-15(3)22-18/h7-12H,1-6H3,(H,21,22,23,24). The van der Waals surface area contributed by atoms with Crippen LogP contribution in [0.4, 0.5) is 5.82 Å². The van der Waals surface area contributed by atoms with Crippen LogP contribution in [0.3, 0.4) is 0 Å². The quantitative estimate of drug-likeness (QED) is 0.883. The van der Waals surface area contributed by atoms with Crippen LogP contribution in [0, 0.1) is 19.3 Å². The summed E-state index contributed by atoms with van der Waals surface area (Å²) >= 11 is 0. The molecule has 1 N–H and O–H groups in total. The maximum atomic E-state index is 12.4. The molecule has 1 aromatic heterocycles. The summed E-state index contributed by atoms with van der Waals surface area (Å²) in [4.78, 5) is 20.8. The molecule has 4 heteroatoms. The molecule has 0 aliphatic carbocycles. The van der Waals surface area contributed by atoms with Crippen molar-refractivity contribution in [2.75, 3.05) is 5.32 Å². The minimum Gasteiger partial charge on any atom is -0.306 e. The number of carbonyl (C=O) groups excluding carboxylic acids is 1. The molecule has 0 spiro atoms. The number of hydrogen-bond donors (Lipinski definition) is 1. The third kappa shape index (κ3) is 5.01. The molecule has 2 rings (SSSR count). The number of benzene rings is 1. The number of anilines is 1. The molecule has 1 heterocycles. The van der Waals surface area contributed by atoms with Gasteiger partial charge in [-0.2, -0.15) is 0 Å². The molecule has 1 aromatic carbocycles. The van der Waals surface area contributed by atoms with Crippen LogP contribution in [0.25, 0.3) is 5.57 Å². The van der Waals surface area contributed by atoms with Crippen LogP contribution < -0.4 is 5.32 Å². The summed E-state index contributed by atoms with van der Waals surface area (Å²) in [6, 6.07) is 9.39. The summed E-state index contributed by atoms with van der Waals surface area (Å²) < 4.78 is 0. The summed E-state index contributed by atoms with van der Waals surface area (Å²) in [5, 5.41) is 2.82. The van der Waals surface area contributed by atoms with E-state index in [0.29, 0.717) is 17.2 Å². The molecule has 24 heavy (non-hydrogen) atoms. The first kappa shape index (κ1) is 17.9. The molecule has 0 saturated heterocycles. The van der Waals surface area contributed by atoms with Gasteiger partial charge in [0.05, 0.1) is 0 Å². The minimum atomic E-state index is -0.170. The fourth-order valence-corrected chi connectivity index (χ4v) is 2.59. The highest BCUT2D eigenvalue weighted by atomic mass is 16.1. The van der Waals surface area contributed by atoms with Crippen LogP contribution >= 0.6 is 0 Å². The van der Waals surface area contributed by atoms with Gasteiger partial charge >= 0.3 is 0 Å². The highest BCUT2D eigenvalue weighted by molar-refractivity contribution is 6.03. The highest BCUT2D eigenvalue weighted by Crippen LogP contribution is 2.23. The van der Waals surface area contributed by atoms with Crippen LogP contribution in [0.15, 0.2) is 36.4 Å². The van der Waals surface area contributed by atoms with Crippen LogP contribution in [0.5, 0.6) is 0 Å². The van der Waals surface area contributed by atoms with Crippen molar-refractivity contribution in [3.8, 4) is 0 Å². The number of rotatable bonds is 3. The Bertz CT molecular complexity index is 748. The SMILES string of the molecule is CC(=CC(C)(C)C)c1ccc(C(=O)Nc2cc(C)nc(C)n2)cc1. The molecule has 0 aliphatic rings. The second-order valence-corrected chi connectivity index (χ2v) is 7.17. The highest BCUT2D eigenvalue weighted by Gasteiger charge is 2.10. The fraction of sp³-hybridized carbons (Fsp3) is 0.350. The lowest BCUT2D eigenvalue weighted by Crippen LogP contribution is -2.13. The average Bonchev–Trinajstić information content (AvgIpc) is 2.44. The molecular formula is C20H25N3O. The van der Waals surface area contributed by atoms with Crippen molar-refractivity contribution in [3.63, 3.8) is 0 Å². The molecule has 1 amide bonds. The lowest BCUT2D eigenvalue weighted by atomic mass is 9.91. The second kappa shape index (κ2) is 6.95. The molecule has 0 saturated carbocycles. The summed E-state index contributed by atoms with van der Waals surface area (Å²) in [5.74, 6) is 0.998. The summed E-state index contributed by atoms with van der Waals surface area (Å²) in [6.07, 6.45) is 2.23. The Hall–Kier alpha value is -2.49. The van der Waals surface area contributed by atoms with E-state index in [-0.39, 0.29) is 11.3 Å². The Labute approximate surface area is 144 Å². The topological polar surface area (TPSA) is 54.9 Å². The van der Waals surface area contributed by atoms with E-state index in [1.165, 1.54) is 5.57 Å². The van der Waals surface area contributed by atoms with Gasteiger partial charge < -0.3 is 5.32 Å². The van der Waals surface area contributed by atoms with E-state index in [9.17, 15) is 4.79 Å². The monoisotopic (exact) mass is 323 g/mol. The van der Waals surface area contributed by atoms with Gasteiger partial charge in [0.15, 0.2) is 0 Å². The molecule has 0 unspecified atom stereocenters. The molecular weight excluding hydrogens is 298 g/mol. The van der Waals surface area contributed by atoms with Crippen molar-refractivity contribution >= 4 is 17.3 Å². The third-order valence-corrected chi connectivity index (χ3v) is 3.46. The van der Waals surface area contributed by atoms with Crippen molar-refractivity contribution in [2.24, 2.45) is 5.41 Å². The third-order valence-electron chi connectivity index (χ3n) is 3.46. The Balaban J connectivity index is 2.15. The predicted molar refractivity (Wildman–Crippen MR) is 99.0 cm³/mol. The first-order valence-electron chi connectivity index (χ1n) is 8.07. The van der Waals surface area contributed by atoms with E-state index in [0.717, 1.165) is 11.3 Å². The van der Waals surface area contributed by atoms with E-state index in [1.54, 1.807) is 6.07 Å². The number of nitrogens with one attached hydrogen (secondary N) is 1. The largest absolute Gasteiger partial charge is 0.306 e. The molecule has 0 bridgehead atoms. The van der Waals surface area contributed by atoms with Crippen LogP contribution in [0.1, 0.15) is 55.1 Å². The van der Waals surface area contributed by atoms with E-state index >= 15 is 0 Å². The van der Waals surface area contributed by atoms with Gasteiger partial charge in [-0.15, -0.1) is 0 Å². The molecule has 0 atom stereocenters. The Morgan fingerprint density at radius 1 is 1.04 bits per heavy atom. The molecule has 4 nitrogen and oxygen atoms in total. The lowest BCUT2D eigenvalue weighted by molar-refractivity contribution is 0.102. The normalized spacial score (nSPS) is 12.2. The summed E-state index contributed by atoms with van der Waals surface area (Å²) in [7, 11) is 0. The zero-order valence-corrected chi connectivity index (χ0v) is 15.3. The number of nitrogens with zero attached hydrogens (tertiary/aromatic N) is 2. The molecule has 0 fully saturated rings.